The van der Waals surface area contributed by atoms with Gasteiger partial charge in [0.1, 0.15) is 5.82 Å². The Balaban J connectivity index is 1.88. The third-order valence-electron chi connectivity index (χ3n) is 4.00. The quantitative estimate of drug-likeness (QED) is 0.882. The smallest absolute Gasteiger partial charge is 0.233 e. The standard InChI is InChI=1S/C16H18FN3O/c1-16(2,11-4-6-12(17)7-5-11)15-19-14(21-20-15)10-3-8-13(18)9-10/h3-8,10,13H,9,18H2,1-2H3. The third-order valence-corrected chi connectivity index (χ3v) is 4.00. The minimum atomic E-state index is -0.445. The molecule has 2 N–H and O–H groups in total. The molecule has 3 rings (SSSR count). The van der Waals surface area contributed by atoms with Crippen LogP contribution in [0.3, 0.4) is 0 Å². The van der Waals surface area contributed by atoms with Gasteiger partial charge in [-0.15, -0.1) is 0 Å². The lowest BCUT2D eigenvalue weighted by Gasteiger charge is -2.20. The predicted octanol–water partition coefficient (Wildman–Crippen LogP) is 2.91. The van der Waals surface area contributed by atoms with E-state index in [1.807, 2.05) is 26.0 Å². The zero-order valence-electron chi connectivity index (χ0n) is 12.1. The third kappa shape index (κ3) is 2.61. The molecule has 1 aromatic heterocycles. The molecule has 1 aliphatic rings. The molecule has 4 nitrogen and oxygen atoms in total. The minimum absolute atomic E-state index is 0.0514. The van der Waals surface area contributed by atoms with Crippen molar-refractivity contribution in [3.63, 3.8) is 0 Å². The zero-order chi connectivity index (χ0) is 15.0. The number of hydrogen-bond acceptors (Lipinski definition) is 4. The Bertz CT molecular complexity index is 660. The van der Waals surface area contributed by atoms with Gasteiger partial charge < -0.3 is 10.3 Å². The second kappa shape index (κ2) is 5.07. The van der Waals surface area contributed by atoms with Crippen LogP contribution >= 0.6 is 0 Å². The Kier molecular flexibility index (Phi) is 3.37. The van der Waals surface area contributed by atoms with Gasteiger partial charge in [0.05, 0.1) is 11.3 Å². The zero-order valence-corrected chi connectivity index (χ0v) is 12.1. The van der Waals surface area contributed by atoms with Crippen molar-refractivity contribution in [1.82, 2.24) is 10.1 Å². The van der Waals surface area contributed by atoms with Gasteiger partial charge in [-0.05, 0) is 38.0 Å². The van der Waals surface area contributed by atoms with Crippen LogP contribution in [0.15, 0.2) is 40.9 Å². The lowest BCUT2D eigenvalue weighted by Crippen LogP contribution is -2.21. The SMILES string of the molecule is CC(C)(c1ccc(F)cc1)c1noc(C2C=CC(N)C2)n1. The van der Waals surface area contributed by atoms with Crippen molar-refractivity contribution in [1.29, 1.82) is 0 Å². The van der Waals surface area contributed by atoms with Gasteiger partial charge >= 0.3 is 0 Å². The van der Waals surface area contributed by atoms with Crippen LogP contribution in [0.25, 0.3) is 0 Å². The van der Waals surface area contributed by atoms with Crippen LogP contribution in [0.5, 0.6) is 0 Å². The molecule has 0 amide bonds. The Labute approximate surface area is 122 Å². The topological polar surface area (TPSA) is 64.9 Å². The fourth-order valence-corrected chi connectivity index (χ4v) is 2.55. The summed E-state index contributed by atoms with van der Waals surface area (Å²) >= 11 is 0. The van der Waals surface area contributed by atoms with Gasteiger partial charge in [0.15, 0.2) is 5.82 Å². The van der Waals surface area contributed by atoms with Crippen molar-refractivity contribution in [3.05, 3.63) is 59.5 Å². The highest BCUT2D eigenvalue weighted by molar-refractivity contribution is 5.31. The lowest BCUT2D eigenvalue weighted by molar-refractivity contribution is 0.354. The van der Waals surface area contributed by atoms with Gasteiger partial charge in [0.2, 0.25) is 5.89 Å². The first kappa shape index (κ1) is 13.9. The average Bonchev–Trinajstić information content (AvgIpc) is 3.08. The summed E-state index contributed by atoms with van der Waals surface area (Å²) in [6.45, 7) is 3.98. The fraction of sp³-hybridized carbons (Fsp3) is 0.375. The molecule has 1 aromatic carbocycles. The van der Waals surface area contributed by atoms with E-state index in [9.17, 15) is 4.39 Å². The molecule has 2 unspecified atom stereocenters. The molecule has 0 aliphatic heterocycles. The van der Waals surface area contributed by atoms with Crippen LogP contribution in [0, 0.1) is 5.82 Å². The van der Waals surface area contributed by atoms with Crippen molar-refractivity contribution in [3.8, 4) is 0 Å². The van der Waals surface area contributed by atoms with Crippen molar-refractivity contribution >= 4 is 0 Å². The number of hydrogen-bond donors (Lipinski definition) is 1. The average molecular weight is 287 g/mol. The van der Waals surface area contributed by atoms with Crippen LogP contribution in [0.4, 0.5) is 4.39 Å². The number of rotatable bonds is 3. The number of halogens is 1. The van der Waals surface area contributed by atoms with Crippen molar-refractivity contribution in [2.45, 2.75) is 37.6 Å². The molecule has 0 saturated heterocycles. The van der Waals surface area contributed by atoms with Crippen molar-refractivity contribution < 1.29 is 8.91 Å². The maximum Gasteiger partial charge on any atom is 0.233 e. The molecule has 2 atom stereocenters. The molecule has 0 spiro atoms. The molecule has 0 bridgehead atoms. The summed E-state index contributed by atoms with van der Waals surface area (Å²) < 4.78 is 18.4. The van der Waals surface area contributed by atoms with Gasteiger partial charge in [-0.3, -0.25) is 0 Å². The molecule has 21 heavy (non-hydrogen) atoms. The molecular weight excluding hydrogens is 269 g/mol. The van der Waals surface area contributed by atoms with E-state index in [1.54, 1.807) is 12.1 Å². The summed E-state index contributed by atoms with van der Waals surface area (Å²) in [7, 11) is 0. The highest BCUT2D eigenvalue weighted by atomic mass is 19.1. The Morgan fingerprint density at radius 2 is 1.95 bits per heavy atom. The molecule has 0 saturated carbocycles. The maximum atomic E-state index is 13.1. The van der Waals surface area contributed by atoms with Gasteiger partial charge in [-0.2, -0.15) is 4.98 Å². The van der Waals surface area contributed by atoms with E-state index in [0.29, 0.717) is 11.7 Å². The summed E-state index contributed by atoms with van der Waals surface area (Å²) in [6, 6.07) is 6.43. The molecule has 5 heteroatoms. The van der Waals surface area contributed by atoms with Crippen LogP contribution in [-0.2, 0) is 5.41 Å². The number of nitrogens with two attached hydrogens (primary N) is 1. The van der Waals surface area contributed by atoms with E-state index in [-0.39, 0.29) is 17.8 Å². The Morgan fingerprint density at radius 1 is 1.24 bits per heavy atom. The summed E-state index contributed by atoms with van der Waals surface area (Å²) in [5, 5.41) is 4.10. The van der Waals surface area contributed by atoms with Gasteiger partial charge in [0.25, 0.3) is 0 Å². The number of allylic oxidation sites excluding steroid dienone is 1. The van der Waals surface area contributed by atoms with Crippen molar-refractivity contribution in [2.75, 3.05) is 0 Å². The minimum Gasteiger partial charge on any atom is -0.339 e. The summed E-state index contributed by atoms with van der Waals surface area (Å²) in [4.78, 5) is 4.52. The molecule has 0 radical (unpaired) electrons. The first-order chi connectivity index (χ1) is 9.96. The summed E-state index contributed by atoms with van der Waals surface area (Å²) in [5.74, 6) is 1.01. The molecular formula is C16H18FN3O. The fourth-order valence-electron chi connectivity index (χ4n) is 2.55. The molecule has 2 aromatic rings. The Hall–Kier alpha value is -2.01. The second-order valence-electron chi connectivity index (χ2n) is 5.98. The first-order valence-corrected chi connectivity index (χ1v) is 7.01. The predicted molar refractivity (Wildman–Crippen MR) is 77.3 cm³/mol. The van der Waals surface area contributed by atoms with Crippen LogP contribution in [-0.4, -0.2) is 16.2 Å². The van der Waals surface area contributed by atoms with Gasteiger partial charge in [-0.25, -0.2) is 4.39 Å². The van der Waals surface area contributed by atoms with Gasteiger partial charge in [-0.1, -0.05) is 29.4 Å². The van der Waals surface area contributed by atoms with Crippen LogP contribution in [0.2, 0.25) is 0 Å². The number of benzene rings is 1. The summed E-state index contributed by atoms with van der Waals surface area (Å²) in [5.41, 5.74) is 6.34. The van der Waals surface area contributed by atoms with E-state index in [1.165, 1.54) is 12.1 Å². The Morgan fingerprint density at radius 3 is 2.57 bits per heavy atom. The van der Waals surface area contributed by atoms with E-state index in [0.717, 1.165) is 12.0 Å². The molecule has 1 heterocycles. The van der Waals surface area contributed by atoms with E-state index in [2.05, 4.69) is 10.1 Å². The van der Waals surface area contributed by atoms with E-state index < -0.39 is 5.41 Å². The number of aromatic nitrogens is 2. The maximum absolute atomic E-state index is 13.1. The molecule has 110 valence electrons. The highest BCUT2D eigenvalue weighted by Crippen LogP contribution is 2.32. The normalized spacial score (nSPS) is 21.9. The molecule has 1 aliphatic carbocycles. The lowest BCUT2D eigenvalue weighted by atomic mass is 9.84. The second-order valence-corrected chi connectivity index (χ2v) is 5.98. The summed E-state index contributed by atoms with van der Waals surface area (Å²) in [6.07, 6.45) is 4.76. The van der Waals surface area contributed by atoms with Crippen molar-refractivity contribution in [2.24, 2.45) is 5.73 Å². The monoisotopic (exact) mass is 287 g/mol. The van der Waals surface area contributed by atoms with Gasteiger partial charge in [0, 0.05) is 6.04 Å². The van der Waals surface area contributed by atoms with E-state index in [4.69, 9.17) is 10.3 Å². The van der Waals surface area contributed by atoms with E-state index >= 15 is 0 Å². The van der Waals surface area contributed by atoms with Crippen LogP contribution in [0.1, 0.15) is 43.5 Å². The highest BCUT2D eigenvalue weighted by Gasteiger charge is 2.31. The first-order valence-electron chi connectivity index (χ1n) is 7.01. The largest absolute Gasteiger partial charge is 0.339 e. The number of nitrogens with zero attached hydrogens (tertiary/aromatic N) is 2. The molecule has 0 fully saturated rings. The van der Waals surface area contributed by atoms with Crippen LogP contribution < -0.4 is 5.73 Å².